The van der Waals surface area contributed by atoms with E-state index in [1.807, 2.05) is 0 Å². The van der Waals surface area contributed by atoms with E-state index < -0.39 is 0 Å². The van der Waals surface area contributed by atoms with E-state index in [0.29, 0.717) is 18.4 Å². The Bertz CT molecular complexity index is 480. The summed E-state index contributed by atoms with van der Waals surface area (Å²) in [5.74, 6) is 0.809. The molecule has 0 amide bonds. The lowest BCUT2D eigenvalue weighted by Crippen LogP contribution is -2.40. The molecule has 0 aromatic carbocycles. The molecule has 3 atom stereocenters. The summed E-state index contributed by atoms with van der Waals surface area (Å²) in [6.45, 7) is 11.3. The quantitative estimate of drug-likeness (QED) is 0.528. The second-order valence-electron chi connectivity index (χ2n) is 7.15. The summed E-state index contributed by atoms with van der Waals surface area (Å²) in [6.07, 6.45) is 10.7. The molecule has 2 heteroatoms. The Morgan fingerprint density at radius 2 is 2.18 bits per heavy atom. The minimum Gasteiger partial charge on any atom is -0.465 e. The van der Waals surface area contributed by atoms with E-state index in [1.165, 1.54) is 16.7 Å². The molecule has 1 aliphatic heterocycles. The zero-order valence-corrected chi connectivity index (χ0v) is 14.4. The van der Waals surface area contributed by atoms with Crippen LogP contribution < -0.4 is 0 Å². The summed E-state index contributed by atoms with van der Waals surface area (Å²) in [5, 5.41) is 0. The van der Waals surface area contributed by atoms with Crippen molar-refractivity contribution >= 4 is 5.97 Å². The number of hydrogen-bond donors (Lipinski definition) is 0. The zero-order chi connectivity index (χ0) is 16.1. The molecular formula is C20H30O2. The molecule has 1 heterocycles. The monoisotopic (exact) mass is 302 g/mol. The van der Waals surface area contributed by atoms with Crippen molar-refractivity contribution in [2.75, 3.05) is 6.61 Å². The maximum Gasteiger partial charge on any atom is 0.309 e. The summed E-state index contributed by atoms with van der Waals surface area (Å²) >= 11 is 0. The van der Waals surface area contributed by atoms with E-state index in [9.17, 15) is 4.79 Å². The van der Waals surface area contributed by atoms with Gasteiger partial charge in [0, 0.05) is 5.92 Å². The molecule has 0 spiro atoms. The van der Waals surface area contributed by atoms with Gasteiger partial charge in [-0.1, -0.05) is 35.5 Å². The topological polar surface area (TPSA) is 26.3 Å². The SMILES string of the molecule is C=C1CC/C=C(\C)CC[C@@H]2[C@H](CCC=C(C)C)C(=O)OC[C@@H]12. The van der Waals surface area contributed by atoms with Gasteiger partial charge in [-0.25, -0.2) is 0 Å². The molecule has 0 aromatic heterocycles. The number of esters is 1. The van der Waals surface area contributed by atoms with E-state index in [-0.39, 0.29) is 11.9 Å². The highest BCUT2D eigenvalue weighted by Gasteiger charge is 2.40. The lowest BCUT2D eigenvalue weighted by molar-refractivity contribution is -0.160. The van der Waals surface area contributed by atoms with Crippen LogP contribution in [0.15, 0.2) is 35.5 Å². The van der Waals surface area contributed by atoms with Gasteiger partial charge in [-0.05, 0) is 65.2 Å². The van der Waals surface area contributed by atoms with Crippen LogP contribution in [0.25, 0.3) is 0 Å². The third-order valence-corrected chi connectivity index (χ3v) is 5.13. The first-order valence-electron chi connectivity index (χ1n) is 8.62. The van der Waals surface area contributed by atoms with Gasteiger partial charge in [0.05, 0.1) is 12.5 Å². The first kappa shape index (κ1) is 17.1. The standard InChI is InChI=1S/C20H30O2/c1-14(2)7-5-10-18-17-12-11-15(3)8-6-9-16(4)19(17)13-22-20(18)21/h7-8,17-19H,4-6,9-13H2,1-3H3/b15-8+/t17-,18+,19+/m1/s1. The van der Waals surface area contributed by atoms with Crippen LogP contribution in [0.4, 0.5) is 0 Å². The van der Waals surface area contributed by atoms with Crippen molar-refractivity contribution in [1.82, 2.24) is 0 Å². The van der Waals surface area contributed by atoms with Crippen LogP contribution in [-0.2, 0) is 9.53 Å². The molecule has 0 N–H and O–H groups in total. The third-order valence-electron chi connectivity index (χ3n) is 5.13. The number of allylic oxidation sites excluding steroid dienone is 4. The van der Waals surface area contributed by atoms with Gasteiger partial charge in [0.2, 0.25) is 0 Å². The highest BCUT2D eigenvalue weighted by Crippen LogP contribution is 2.40. The van der Waals surface area contributed by atoms with Crippen molar-refractivity contribution in [3.05, 3.63) is 35.5 Å². The van der Waals surface area contributed by atoms with Crippen LogP contribution in [0.1, 0.15) is 59.3 Å². The largest absolute Gasteiger partial charge is 0.465 e. The molecule has 0 unspecified atom stereocenters. The summed E-state index contributed by atoms with van der Waals surface area (Å²) in [7, 11) is 0. The van der Waals surface area contributed by atoms with E-state index in [4.69, 9.17) is 4.74 Å². The first-order valence-corrected chi connectivity index (χ1v) is 8.62. The fourth-order valence-corrected chi connectivity index (χ4v) is 3.75. The van der Waals surface area contributed by atoms with Crippen LogP contribution in [0, 0.1) is 17.8 Å². The number of cyclic esters (lactones) is 1. The molecule has 0 saturated carbocycles. The Morgan fingerprint density at radius 3 is 2.91 bits per heavy atom. The molecule has 0 bridgehead atoms. The summed E-state index contributed by atoms with van der Waals surface area (Å²) < 4.78 is 5.51. The Kier molecular flexibility index (Phi) is 6.05. The van der Waals surface area contributed by atoms with Crippen LogP contribution in [-0.4, -0.2) is 12.6 Å². The second-order valence-corrected chi connectivity index (χ2v) is 7.15. The number of hydrogen-bond acceptors (Lipinski definition) is 2. The highest BCUT2D eigenvalue weighted by molar-refractivity contribution is 5.73. The number of carbonyl (C=O) groups excluding carboxylic acids is 1. The normalized spacial score (nSPS) is 31.8. The number of rotatable bonds is 3. The molecular weight excluding hydrogens is 272 g/mol. The van der Waals surface area contributed by atoms with Crippen LogP contribution in [0.5, 0.6) is 0 Å². The fourth-order valence-electron chi connectivity index (χ4n) is 3.75. The molecule has 0 radical (unpaired) electrons. The molecule has 2 nitrogen and oxygen atoms in total. The van der Waals surface area contributed by atoms with Gasteiger partial charge >= 0.3 is 5.97 Å². The lowest BCUT2D eigenvalue weighted by atomic mass is 9.72. The highest BCUT2D eigenvalue weighted by atomic mass is 16.5. The fraction of sp³-hybridized carbons (Fsp3) is 0.650. The Hall–Kier alpha value is -1.31. The number of fused-ring (bicyclic) bond motifs is 1. The number of carbonyl (C=O) groups is 1. The molecule has 1 aliphatic carbocycles. The van der Waals surface area contributed by atoms with Crippen molar-refractivity contribution in [1.29, 1.82) is 0 Å². The average Bonchev–Trinajstić information content (AvgIpc) is 2.52. The molecule has 1 saturated heterocycles. The maximum absolute atomic E-state index is 12.3. The van der Waals surface area contributed by atoms with Crippen molar-refractivity contribution in [2.24, 2.45) is 17.8 Å². The van der Waals surface area contributed by atoms with Gasteiger partial charge in [0.1, 0.15) is 0 Å². The van der Waals surface area contributed by atoms with Crippen molar-refractivity contribution in [3.63, 3.8) is 0 Å². The summed E-state index contributed by atoms with van der Waals surface area (Å²) in [6, 6.07) is 0. The predicted octanol–water partition coefficient (Wildman–Crippen LogP) is 5.21. The van der Waals surface area contributed by atoms with Gasteiger partial charge in [-0.3, -0.25) is 4.79 Å². The second kappa shape index (κ2) is 7.80. The zero-order valence-electron chi connectivity index (χ0n) is 14.4. The van der Waals surface area contributed by atoms with Crippen LogP contribution >= 0.6 is 0 Å². The molecule has 0 aromatic rings. The van der Waals surface area contributed by atoms with E-state index in [2.05, 4.69) is 39.5 Å². The molecule has 122 valence electrons. The van der Waals surface area contributed by atoms with Gasteiger partial charge in [-0.2, -0.15) is 0 Å². The first-order chi connectivity index (χ1) is 10.5. The van der Waals surface area contributed by atoms with Gasteiger partial charge < -0.3 is 4.74 Å². The maximum atomic E-state index is 12.3. The van der Waals surface area contributed by atoms with Crippen molar-refractivity contribution in [2.45, 2.75) is 59.3 Å². The van der Waals surface area contributed by atoms with Crippen molar-refractivity contribution in [3.8, 4) is 0 Å². The Morgan fingerprint density at radius 1 is 1.41 bits per heavy atom. The molecule has 2 aliphatic rings. The van der Waals surface area contributed by atoms with Gasteiger partial charge in [0.25, 0.3) is 0 Å². The minimum atomic E-state index is 0.0112. The lowest BCUT2D eigenvalue weighted by Gasteiger charge is -2.38. The number of ether oxygens (including phenoxy) is 1. The van der Waals surface area contributed by atoms with Crippen LogP contribution in [0.2, 0.25) is 0 Å². The Labute approximate surface area is 135 Å². The average molecular weight is 302 g/mol. The third kappa shape index (κ3) is 4.34. The van der Waals surface area contributed by atoms with E-state index >= 15 is 0 Å². The smallest absolute Gasteiger partial charge is 0.309 e. The van der Waals surface area contributed by atoms with Crippen LogP contribution in [0.3, 0.4) is 0 Å². The molecule has 1 fully saturated rings. The Balaban J connectivity index is 2.15. The molecule has 2 rings (SSSR count). The van der Waals surface area contributed by atoms with E-state index in [1.54, 1.807) is 0 Å². The summed E-state index contributed by atoms with van der Waals surface area (Å²) in [4.78, 5) is 12.3. The predicted molar refractivity (Wildman–Crippen MR) is 91.5 cm³/mol. The van der Waals surface area contributed by atoms with E-state index in [0.717, 1.165) is 38.5 Å². The summed E-state index contributed by atoms with van der Waals surface area (Å²) in [5.41, 5.74) is 4.05. The van der Waals surface area contributed by atoms with Gasteiger partial charge in [0.15, 0.2) is 0 Å². The van der Waals surface area contributed by atoms with Crippen molar-refractivity contribution < 1.29 is 9.53 Å². The molecule has 22 heavy (non-hydrogen) atoms. The minimum absolute atomic E-state index is 0.0112. The van der Waals surface area contributed by atoms with Gasteiger partial charge in [-0.15, -0.1) is 0 Å².